The summed E-state index contributed by atoms with van der Waals surface area (Å²) in [6.07, 6.45) is 52.4. The Kier molecular flexibility index (Phi) is 45.1. The second kappa shape index (κ2) is 46.4. The largest absolute Gasteiger partial charge is 0.462 e. The van der Waals surface area contributed by atoms with Gasteiger partial charge in [0, 0.05) is 6.42 Å². The Morgan fingerprint density at radius 2 is 0.862 bits per heavy atom. The average molecular weight is 818 g/mol. The Bertz CT molecular complexity index is 919. The number of nitrogens with one attached hydrogen (secondary N) is 1. The number of rotatable bonds is 46. The van der Waals surface area contributed by atoms with Gasteiger partial charge in [0.1, 0.15) is 6.10 Å². The number of unbranched alkanes of at least 4 members (excludes halogenated alkanes) is 31. The maximum absolute atomic E-state index is 13.2. The van der Waals surface area contributed by atoms with Crippen LogP contribution in [-0.4, -0.2) is 46.9 Å². The fourth-order valence-corrected chi connectivity index (χ4v) is 7.89. The van der Waals surface area contributed by atoms with Crippen molar-refractivity contribution < 1.29 is 24.5 Å². The molecular weight excluding hydrogens is 719 g/mol. The van der Waals surface area contributed by atoms with E-state index in [0.29, 0.717) is 19.3 Å². The maximum Gasteiger partial charge on any atom is 0.306 e. The van der Waals surface area contributed by atoms with Crippen molar-refractivity contribution in [1.29, 1.82) is 0 Å². The molecule has 342 valence electrons. The Hall–Kier alpha value is -1.66. The molecule has 0 saturated carbocycles. The van der Waals surface area contributed by atoms with Crippen LogP contribution < -0.4 is 5.32 Å². The van der Waals surface area contributed by atoms with Gasteiger partial charge in [-0.1, -0.05) is 231 Å². The molecule has 0 rings (SSSR count). The molecule has 6 heteroatoms. The van der Waals surface area contributed by atoms with Gasteiger partial charge in [-0.3, -0.25) is 9.59 Å². The van der Waals surface area contributed by atoms with Crippen molar-refractivity contribution in [3.8, 4) is 0 Å². The van der Waals surface area contributed by atoms with Gasteiger partial charge >= 0.3 is 5.97 Å². The van der Waals surface area contributed by atoms with Gasteiger partial charge in [0.15, 0.2) is 0 Å². The highest BCUT2D eigenvalue weighted by Crippen LogP contribution is 2.18. The summed E-state index contributed by atoms with van der Waals surface area (Å²) in [6, 6.07) is -0.702. The third-order valence-electron chi connectivity index (χ3n) is 11.8. The van der Waals surface area contributed by atoms with E-state index in [4.69, 9.17) is 4.74 Å². The van der Waals surface area contributed by atoms with Crippen LogP contribution in [0.5, 0.6) is 0 Å². The van der Waals surface area contributed by atoms with Crippen LogP contribution >= 0.6 is 0 Å². The number of allylic oxidation sites excluding steroid dienone is 4. The van der Waals surface area contributed by atoms with Crippen LogP contribution in [0.15, 0.2) is 24.3 Å². The molecular formula is C52H99NO5. The molecule has 0 bridgehead atoms. The van der Waals surface area contributed by atoms with Gasteiger partial charge in [-0.25, -0.2) is 0 Å². The third kappa shape index (κ3) is 41.1. The summed E-state index contributed by atoms with van der Waals surface area (Å²) < 4.78 is 5.92. The summed E-state index contributed by atoms with van der Waals surface area (Å²) in [5.74, 6) is -0.482. The van der Waals surface area contributed by atoms with E-state index < -0.39 is 18.2 Å². The van der Waals surface area contributed by atoms with Crippen molar-refractivity contribution in [2.24, 2.45) is 0 Å². The molecule has 0 radical (unpaired) electrons. The fraction of sp³-hybridized carbons (Fsp3) is 0.885. The number of ether oxygens (including phenoxy) is 1. The third-order valence-corrected chi connectivity index (χ3v) is 11.8. The smallest absolute Gasteiger partial charge is 0.306 e. The highest BCUT2D eigenvalue weighted by atomic mass is 16.5. The van der Waals surface area contributed by atoms with Gasteiger partial charge in [-0.05, 0) is 51.4 Å². The van der Waals surface area contributed by atoms with Crippen LogP contribution in [0.1, 0.15) is 271 Å². The van der Waals surface area contributed by atoms with Gasteiger partial charge in [0.05, 0.1) is 25.2 Å². The lowest BCUT2D eigenvalue weighted by Crippen LogP contribution is -2.46. The first-order valence-electron chi connectivity index (χ1n) is 25.6. The fourth-order valence-electron chi connectivity index (χ4n) is 7.89. The van der Waals surface area contributed by atoms with Crippen molar-refractivity contribution in [2.45, 2.75) is 289 Å². The van der Waals surface area contributed by atoms with Gasteiger partial charge in [-0.15, -0.1) is 0 Å². The van der Waals surface area contributed by atoms with Crippen molar-refractivity contribution >= 4 is 11.9 Å². The number of aliphatic hydroxyl groups is 2. The zero-order valence-electron chi connectivity index (χ0n) is 38.9. The molecule has 0 aliphatic heterocycles. The topological polar surface area (TPSA) is 95.9 Å². The number of amides is 1. The number of esters is 1. The first-order valence-corrected chi connectivity index (χ1v) is 25.6. The Morgan fingerprint density at radius 1 is 0.500 bits per heavy atom. The Morgan fingerprint density at radius 3 is 1.31 bits per heavy atom. The summed E-state index contributed by atoms with van der Waals surface area (Å²) in [4.78, 5) is 26.1. The molecule has 3 N–H and O–H groups in total. The second-order valence-electron chi connectivity index (χ2n) is 17.6. The summed E-state index contributed by atoms with van der Waals surface area (Å²) in [5, 5.41) is 23.6. The number of carbonyl (C=O) groups excluding carboxylic acids is 2. The first kappa shape index (κ1) is 56.3. The molecule has 1 amide bonds. The molecule has 0 saturated heterocycles. The molecule has 0 fully saturated rings. The molecule has 0 aromatic heterocycles. The van der Waals surface area contributed by atoms with E-state index in [1.54, 1.807) is 0 Å². The zero-order chi connectivity index (χ0) is 42.4. The monoisotopic (exact) mass is 818 g/mol. The predicted molar refractivity (Wildman–Crippen MR) is 250 cm³/mol. The molecule has 58 heavy (non-hydrogen) atoms. The van der Waals surface area contributed by atoms with Gasteiger partial charge in [-0.2, -0.15) is 0 Å². The van der Waals surface area contributed by atoms with E-state index in [0.717, 1.165) is 77.0 Å². The van der Waals surface area contributed by atoms with Gasteiger partial charge in [0.25, 0.3) is 0 Å². The molecule has 0 heterocycles. The molecule has 0 aliphatic carbocycles. The van der Waals surface area contributed by atoms with Crippen LogP contribution in [0, 0.1) is 0 Å². The molecule has 3 atom stereocenters. The molecule has 3 unspecified atom stereocenters. The summed E-state index contributed by atoms with van der Waals surface area (Å²) in [6.45, 7) is 6.44. The second-order valence-corrected chi connectivity index (χ2v) is 17.6. The lowest BCUT2D eigenvalue weighted by atomic mass is 10.0. The minimum Gasteiger partial charge on any atom is -0.462 e. The SMILES string of the molecule is CCCCC/C=C/C=C/CCCCCCC(CC(=O)NC(CO)C(O)CCCCCCCCCCC)OC(=O)CCCCCCCCCCCCCCCCCCC. The van der Waals surface area contributed by atoms with Crippen molar-refractivity contribution in [2.75, 3.05) is 6.61 Å². The van der Waals surface area contributed by atoms with Crippen LogP contribution in [0.25, 0.3) is 0 Å². The van der Waals surface area contributed by atoms with Crippen molar-refractivity contribution in [3.05, 3.63) is 24.3 Å². The quantitative estimate of drug-likeness (QED) is 0.0323. The standard InChI is InChI=1S/C52H99NO5/c1-4-7-10-13-16-19-21-23-24-25-26-28-30-33-36-39-42-45-52(57)58-48(43-40-37-34-32-29-27-22-20-17-14-11-8-5-2)46-51(56)53-49(47-54)50(55)44-41-38-35-31-18-15-12-9-6-3/h17,20,22,27,48-50,54-55H,4-16,18-19,21,23-26,28-47H2,1-3H3,(H,53,56)/b20-17+,27-22+. The maximum atomic E-state index is 13.2. The average Bonchev–Trinajstić information content (AvgIpc) is 3.22. The minimum absolute atomic E-state index is 0.0688. The molecule has 0 aliphatic rings. The van der Waals surface area contributed by atoms with E-state index in [1.165, 1.54) is 148 Å². The van der Waals surface area contributed by atoms with Crippen LogP contribution in [0.3, 0.4) is 0 Å². The predicted octanol–water partition coefficient (Wildman–Crippen LogP) is 15.1. The lowest BCUT2D eigenvalue weighted by Gasteiger charge is -2.24. The summed E-state index contributed by atoms with van der Waals surface area (Å²) in [5.41, 5.74) is 0. The van der Waals surface area contributed by atoms with Gasteiger partial charge < -0.3 is 20.3 Å². The van der Waals surface area contributed by atoms with Crippen LogP contribution in [0.2, 0.25) is 0 Å². The summed E-state index contributed by atoms with van der Waals surface area (Å²) >= 11 is 0. The van der Waals surface area contributed by atoms with Crippen molar-refractivity contribution in [3.63, 3.8) is 0 Å². The van der Waals surface area contributed by atoms with Crippen LogP contribution in [-0.2, 0) is 14.3 Å². The van der Waals surface area contributed by atoms with Crippen LogP contribution in [0.4, 0.5) is 0 Å². The molecule has 6 nitrogen and oxygen atoms in total. The molecule has 0 aromatic rings. The van der Waals surface area contributed by atoms with E-state index in [2.05, 4.69) is 50.4 Å². The Labute approximate surface area is 361 Å². The molecule has 0 spiro atoms. The number of aliphatic hydroxyl groups excluding tert-OH is 2. The van der Waals surface area contributed by atoms with E-state index >= 15 is 0 Å². The zero-order valence-corrected chi connectivity index (χ0v) is 38.9. The number of hydrogen-bond acceptors (Lipinski definition) is 5. The highest BCUT2D eigenvalue weighted by molar-refractivity contribution is 5.77. The van der Waals surface area contributed by atoms with E-state index in [9.17, 15) is 19.8 Å². The molecule has 0 aromatic carbocycles. The number of carbonyl (C=O) groups is 2. The Balaban J connectivity index is 4.53. The summed E-state index contributed by atoms with van der Waals surface area (Å²) in [7, 11) is 0. The first-order chi connectivity index (χ1) is 28.5. The van der Waals surface area contributed by atoms with E-state index in [-0.39, 0.29) is 24.9 Å². The van der Waals surface area contributed by atoms with E-state index in [1.807, 2.05) is 0 Å². The minimum atomic E-state index is -0.787. The lowest BCUT2D eigenvalue weighted by molar-refractivity contribution is -0.151. The number of hydrogen-bond donors (Lipinski definition) is 3. The normalized spacial score (nSPS) is 13.4. The van der Waals surface area contributed by atoms with Crippen molar-refractivity contribution in [1.82, 2.24) is 5.32 Å². The van der Waals surface area contributed by atoms with Gasteiger partial charge in [0.2, 0.25) is 5.91 Å². The highest BCUT2D eigenvalue weighted by Gasteiger charge is 2.24.